The van der Waals surface area contributed by atoms with Crippen LogP contribution in [0, 0.1) is 13.8 Å². The van der Waals surface area contributed by atoms with E-state index < -0.39 is 12.1 Å². The van der Waals surface area contributed by atoms with Crippen molar-refractivity contribution in [3.05, 3.63) is 58.6 Å². The summed E-state index contributed by atoms with van der Waals surface area (Å²) in [7, 11) is 0. The van der Waals surface area contributed by atoms with Crippen molar-refractivity contribution in [2.45, 2.75) is 53.1 Å². The number of rotatable bonds is 13. The molecule has 40 heavy (non-hydrogen) atoms. The van der Waals surface area contributed by atoms with E-state index >= 15 is 0 Å². The summed E-state index contributed by atoms with van der Waals surface area (Å²) in [5.41, 5.74) is 4.79. The van der Waals surface area contributed by atoms with E-state index in [1.807, 2.05) is 20.8 Å². The predicted molar refractivity (Wildman–Crippen MR) is 151 cm³/mol. The van der Waals surface area contributed by atoms with Crippen molar-refractivity contribution in [2.75, 3.05) is 30.4 Å². The topological polar surface area (TPSA) is 159 Å². The lowest BCUT2D eigenvalue weighted by atomic mass is 10.0. The van der Waals surface area contributed by atoms with Gasteiger partial charge >= 0.3 is 5.97 Å². The van der Waals surface area contributed by atoms with Gasteiger partial charge in [-0.2, -0.15) is 0 Å². The second kappa shape index (κ2) is 13.6. The van der Waals surface area contributed by atoms with Crippen LogP contribution >= 0.6 is 0 Å². The van der Waals surface area contributed by atoms with E-state index in [2.05, 4.69) is 27.5 Å². The Kier molecular flexibility index (Phi) is 10.3. The predicted octanol–water partition coefficient (Wildman–Crippen LogP) is 3.44. The lowest BCUT2D eigenvalue weighted by Gasteiger charge is -2.15. The second-order valence-electron chi connectivity index (χ2n) is 9.43. The molecule has 0 saturated heterocycles. The van der Waals surface area contributed by atoms with Crippen LogP contribution in [0.15, 0.2) is 30.5 Å². The number of aliphatic hydroxyl groups excluding tert-OH is 1. The van der Waals surface area contributed by atoms with Crippen LogP contribution in [-0.2, 0) is 23.9 Å². The Morgan fingerprint density at radius 3 is 2.65 bits per heavy atom. The molecule has 1 aromatic carbocycles. The van der Waals surface area contributed by atoms with Crippen molar-refractivity contribution in [1.29, 1.82) is 0 Å². The number of aliphatic hydroxyl groups is 1. The summed E-state index contributed by atoms with van der Waals surface area (Å²) in [6.45, 7) is 11.0. The van der Waals surface area contributed by atoms with E-state index in [1.54, 1.807) is 24.3 Å². The molecule has 1 unspecified atom stereocenters. The molecule has 1 aromatic heterocycles. The number of nitrogens with one attached hydrogen (secondary N) is 4. The number of aromatic nitrogens is 1. The highest BCUT2D eigenvalue weighted by atomic mass is 16.6. The fourth-order valence-corrected chi connectivity index (χ4v) is 4.24. The van der Waals surface area contributed by atoms with Crippen LogP contribution in [0.5, 0.6) is 0 Å². The smallest absolute Gasteiger partial charge is 0.347 e. The molecule has 0 aliphatic carbocycles. The van der Waals surface area contributed by atoms with Crippen molar-refractivity contribution in [3.8, 4) is 0 Å². The molecule has 2 heterocycles. The van der Waals surface area contributed by atoms with E-state index in [4.69, 9.17) is 14.6 Å². The third-order valence-electron chi connectivity index (χ3n) is 6.26. The number of carbonyl (C=O) groups excluding carboxylic acids is 4. The molecule has 0 bridgehead atoms. The molecule has 0 saturated carbocycles. The van der Waals surface area contributed by atoms with Gasteiger partial charge in [-0.25, -0.2) is 4.79 Å². The number of amides is 3. The minimum atomic E-state index is -0.914. The fraction of sp³-hybridized carbons (Fsp3) is 0.379. The average Bonchev–Trinajstić information content (AvgIpc) is 3.38. The number of H-pyrrole nitrogens is 1. The monoisotopic (exact) mass is 552 g/mol. The van der Waals surface area contributed by atoms with Crippen molar-refractivity contribution in [2.24, 2.45) is 0 Å². The van der Waals surface area contributed by atoms with E-state index in [0.717, 1.165) is 12.0 Å². The molecule has 3 rings (SSSR count). The molecule has 0 radical (unpaired) electrons. The number of ether oxygens (including phenoxy) is 2. The SMILES string of the molecule is C=C(CCC(=O)Nc1ccc2c(c1)/C(=C/c1[nH]c(C)c(C(=O)NCCC)c1C)C(=O)N2)OC(C)C(=O)OCCO. The number of aromatic amines is 1. The van der Waals surface area contributed by atoms with Gasteiger partial charge in [-0.3, -0.25) is 14.4 Å². The molecule has 1 aliphatic rings. The summed E-state index contributed by atoms with van der Waals surface area (Å²) in [5, 5.41) is 17.3. The number of fused-ring (bicyclic) bond motifs is 1. The molecular weight excluding hydrogens is 516 g/mol. The van der Waals surface area contributed by atoms with E-state index in [0.29, 0.717) is 46.0 Å². The summed E-state index contributed by atoms with van der Waals surface area (Å²) in [6, 6.07) is 5.11. The Hall–Kier alpha value is -4.38. The van der Waals surface area contributed by atoms with Gasteiger partial charge in [-0.15, -0.1) is 0 Å². The number of esters is 1. The second-order valence-corrected chi connectivity index (χ2v) is 9.43. The van der Waals surface area contributed by atoms with Gasteiger partial charge in [-0.1, -0.05) is 13.5 Å². The van der Waals surface area contributed by atoms with Gasteiger partial charge < -0.3 is 35.5 Å². The van der Waals surface area contributed by atoms with Gasteiger partial charge in [0.2, 0.25) is 5.91 Å². The maximum Gasteiger partial charge on any atom is 0.347 e. The standard InChI is InChI=1S/C29H36N4O7/c1-6-11-30-28(37)26-17(3)24(31-18(26)4)15-22-21-14-20(8-9-23(21)33-27(22)36)32-25(35)10-7-16(2)40-19(5)29(38)39-13-12-34/h8-9,14-15,19,31,34H,2,6-7,10-13H2,1,3-5H3,(H,30,37)(H,32,35)(H,33,36)/b22-15-. The summed E-state index contributed by atoms with van der Waals surface area (Å²) < 4.78 is 10.2. The molecule has 1 atom stereocenters. The van der Waals surface area contributed by atoms with Gasteiger partial charge in [0.1, 0.15) is 6.61 Å². The van der Waals surface area contributed by atoms with Gasteiger partial charge in [0, 0.05) is 47.7 Å². The summed E-state index contributed by atoms with van der Waals surface area (Å²) in [5.74, 6) is -1.14. The molecule has 0 fully saturated rings. The summed E-state index contributed by atoms with van der Waals surface area (Å²) >= 11 is 0. The molecule has 3 amide bonds. The summed E-state index contributed by atoms with van der Waals surface area (Å²) in [4.78, 5) is 52.9. The fourth-order valence-electron chi connectivity index (χ4n) is 4.24. The third kappa shape index (κ3) is 7.38. The Bertz CT molecular complexity index is 1340. The molecular formula is C29H36N4O7. The van der Waals surface area contributed by atoms with Gasteiger partial charge in [-0.05, 0) is 57.0 Å². The Balaban J connectivity index is 1.68. The van der Waals surface area contributed by atoms with Crippen LogP contribution in [0.3, 0.4) is 0 Å². The molecule has 5 N–H and O–H groups in total. The van der Waals surface area contributed by atoms with Gasteiger partial charge in [0.05, 0.1) is 23.5 Å². The minimum absolute atomic E-state index is 0.0536. The molecule has 11 heteroatoms. The average molecular weight is 553 g/mol. The number of benzene rings is 1. The van der Waals surface area contributed by atoms with E-state index in [1.165, 1.54) is 6.92 Å². The minimum Gasteiger partial charge on any atom is -0.484 e. The van der Waals surface area contributed by atoms with Crippen LogP contribution in [0.25, 0.3) is 11.6 Å². The zero-order chi connectivity index (χ0) is 29.4. The Morgan fingerprint density at radius 2 is 1.95 bits per heavy atom. The third-order valence-corrected chi connectivity index (χ3v) is 6.26. The van der Waals surface area contributed by atoms with Gasteiger partial charge in [0.15, 0.2) is 6.10 Å². The highest BCUT2D eigenvalue weighted by Gasteiger charge is 2.26. The quantitative estimate of drug-likeness (QED) is 0.145. The Labute approximate surface area is 233 Å². The van der Waals surface area contributed by atoms with E-state index in [-0.39, 0.29) is 49.5 Å². The first-order valence-electron chi connectivity index (χ1n) is 13.1. The van der Waals surface area contributed by atoms with Crippen LogP contribution in [-0.4, -0.2) is 59.6 Å². The van der Waals surface area contributed by atoms with Crippen molar-refractivity contribution in [3.63, 3.8) is 0 Å². The largest absolute Gasteiger partial charge is 0.484 e. The first-order chi connectivity index (χ1) is 19.0. The van der Waals surface area contributed by atoms with Gasteiger partial charge in [0.25, 0.3) is 11.8 Å². The van der Waals surface area contributed by atoms with Crippen LogP contribution in [0.1, 0.15) is 66.0 Å². The lowest BCUT2D eigenvalue weighted by Crippen LogP contribution is -2.24. The Morgan fingerprint density at radius 1 is 1.20 bits per heavy atom. The lowest BCUT2D eigenvalue weighted by molar-refractivity contribution is -0.154. The number of aryl methyl sites for hydroxylation is 1. The van der Waals surface area contributed by atoms with Crippen LogP contribution < -0.4 is 16.0 Å². The number of allylic oxidation sites excluding steroid dienone is 1. The molecule has 1 aliphatic heterocycles. The molecule has 0 spiro atoms. The van der Waals surface area contributed by atoms with Crippen LogP contribution in [0.2, 0.25) is 0 Å². The molecule has 214 valence electrons. The summed E-state index contributed by atoms with van der Waals surface area (Å²) in [6.07, 6.45) is 1.85. The normalized spacial score (nSPS) is 13.8. The van der Waals surface area contributed by atoms with Crippen molar-refractivity contribution >= 4 is 46.7 Å². The zero-order valence-electron chi connectivity index (χ0n) is 23.2. The van der Waals surface area contributed by atoms with Crippen molar-refractivity contribution in [1.82, 2.24) is 10.3 Å². The van der Waals surface area contributed by atoms with Crippen molar-refractivity contribution < 1.29 is 33.8 Å². The van der Waals surface area contributed by atoms with Crippen LogP contribution in [0.4, 0.5) is 11.4 Å². The maximum absolute atomic E-state index is 12.8. The number of hydrogen-bond donors (Lipinski definition) is 5. The highest BCUT2D eigenvalue weighted by Crippen LogP contribution is 2.36. The number of carbonyl (C=O) groups is 4. The highest BCUT2D eigenvalue weighted by molar-refractivity contribution is 6.35. The first kappa shape index (κ1) is 30.2. The molecule has 11 nitrogen and oxygen atoms in total. The zero-order valence-corrected chi connectivity index (χ0v) is 23.2. The number of anilines is 2. The maximum atomic E-state index is 12.8. The first-order valence-corrected chi connectivity index (χ1v) is 13.1. The molecule has 2 aromatic rings. The number of hydrogen-bond acceptors (Lipinski definition) is 7. The van der Waals surface area contributed by atoms with E-state index in [9.17, 15) is 19.2 Å².